The first-order chi connectivity index (χ1) is 15.2. The van der Waals surface area contributed by atoms with Gasteiger partial charge in [0.25, 0.3) is 0 Å². The molecular weight excluding hydrogens is 437 g/mol. The van der Waals surface area contributed by atoms with Crippen molar-refractivity contribution in [3.63, 3.8) is 0 Å². The normalized spacial score (nSPS) is 16.5. The maximum atomic E-state index is 12.8. The fourth-order valence-corrected chi connectivity index (χ4v) is 4.07. The molecule has 0 saturated heterocycles. The third-order valence-electron chi connectivity index (χ3n) is 5.08. The Kier molecular flexibility index (Phi) is 7.34. The highest BCUT2D eigenvalue weighted by atomic mass is 32.2. The Bertz CT molecular complexity index is 1100. The highest BCUT2D eigenvalue weighted by Gasteiger charge is 2.29. The lowest BCUT2D eigenvalue weighted by atomic mass is 9.89. The third kappa shape index (κ3) is 5.76. The maximum Gasteiger partial charge on any atom is 0.243 e. The van der Waals surface area contributed by atoms with Gasteiger partial charge in [-0.2, -0.15) is 5.10 Å². The maximum absolute atomic E-state index is 12.8. The number of hydrazone groups is 1. The van der Waals surface area contributed by atoms with Crippen LogP contribution < -0.4 is 14.2 Å². The second-order valence-corrected chi connectivity index (χ2v) is 9.18. The summed E-state index contributed by atoms with van der Waals surface area (Å²) in [5, 5.41) is 6.02. The molecule has 3 rings (SSSR count). The number of ether oxygens (including phenoxy) is 2. The minimum Gasteiger partial charge on any atom is -0.493 e. The molecule has 1 aliphatic rings. The van der Waals surface area contributed by atoms with Crippen LogP contribution in [0, 0.1) is 5.92 Å². The van der Waals surface area contributed by atoms with Crippen LogP contribution in [0.5, 0.6) is 11.5 Å². The number of alkyl halides is 1. The molecule has 172 valence electrons. The van der Waals surface area contributed by atoms with Gasteiger partial charge in [0.1, 0.15) is 0 Å². The van der Waals surface area contributed by atoms with Gasteiger partial charge >= 0.3 is 0 Å². The molecule has 1 unspecified atom stereocenters. The van der Waals surface area contributed by atoms with Crippen molar-refractivity contribution >= 4 is 27.3 Å². The smallest absolute Gasteiger partial charge is 0.243 e. The van der Waals surface area contributed by atoms with Crippen molar-refractivity contribution in [3.05, 3.63) is 53.6 Å². The molecule has 1 heterocycles. The van der Waals surface area contributed by atoms with Crippen molar-refractivity contribution < 1.29 is 27.1 Å². The third-order valence-corrected chi connectivity index (χ3v) is 5.68. The zero-order chi connectivity index (χ0) is 23.3. The number of amides is 1. The molecule has 1 atom stereocenters. The standard InChI is InChI=1S/C22H26FN3O5S/c1-4-16-12-21(27)26(13-15-5-8-18(9-6-15)25-32(3,28)29)24-22(16)17-7-10-19(30-2)20(11-17)31-14-23/h5-11,16,25H,4,12-14H2,1-3H3. The van der Waals surface area contributed by atoms with Crippen LogP contribution in [0.15, 0.2) is 47.6 Å². The molecule has 0 spiro atoms. The van der Waals surface area contributed by atoms with Crippen molar-refractivity contribution in [2.24, 2.45) is 11.0 Å². The second kappa shape index (κ2) is 9.99. The summed E-state index contributed by atoms with van der Waals surface area (Å²) in [4.78, 5) is 12.7. The lowest BCUT2D eigenvalue weighted by molar-refractivity contribution is -0.133. The molecule has 0 saturated carbocycles. The molecule has 2 aromatic carbocycles. The molecule has 2 aromatic rings. The van der Waals surface area contributed by atoms with Crippen molar-refractivity contribution in [2.75, 3.05) is 24.9 Å². The van der Waals surface area contributed by atoms with Crippen LogP contribution in [0.1, 0.15) is 30.9 Å². The van der Waals surface area contributed by atoms with Gasteiger partial charge in [-0.1, -0.05) is 19.1 Å². The summed E-state index contributed by atoms with van der Waals surface area (Å²) in [6, 6.07) is 11.9. The molecule has 0 aliphatic carbocycles. The van der Waals surface area contributed by atoms with E-state index in [-0.39, 0.29) is 24.1 Å². The van der Waals surface area contributed by atoms with E-state index >= 15 is 0 Å². The largest absolute Gasteiger partial charge is 0.493 e. The first-order valence-corrected chi connectivity index (χ1v) is 12.0. The molecule has 1 aliphatic heterocycles. The quantitative estimate of drug-likeness (QED) is 0.614. The van der Waals surface area contributed by atoms with Gasteiger partial charge in [0.2, 0.25) is 22.8 Å². The Morgan fingerprint density at radius 2 is 1.91 bits per heavy atom. The summed E-state index contributed by atoms with van der Waals surface area (Å²) >= 11 is 0. The van der Waals surface area contributed by atoms with Crippen LogP contribution in [-0.4, -0.2) is 45.3 Å². The van der Waals surface area contributed by atoms with Gasteiger partial charge < -0.3 is 9.47 Å². The molecule has 1 amide bonds. The number of benzene rings is 2. The van der Waals surface area contributed by atoms with Crippen LogP contribution >= 0.6 is 0 Å². The van der Waals surface area contributed by atoms with E-state index in [4.69, 9.17) is 9.47 Å². The van der Waals surface area contributed by atoms with Crippen molar-refractivity contribution in [1.29, 1.82) is 0 Å². The number of nitrogens with zero attached hydrogens (tertiary/aromatic N) is 2. The lowest BCUT2D eigenvalue weighted by Gasteiger charge is -2.29. The van der Waals surface area contributed by atoms with Crippen molar-refractivity contribution in [1.82, 2.24) is 5.01 Å². The Morgan fingerprint density at radius 1 is 1.19 bits per heavy atom. The average Bonchev–Trinajstić information content (AvgIpc) is 2.75. The molecule has 0 radical (unpaired) electrons. The number of rotatable bonds is 9. The Hall–Kier alpha value is -3.14. The zero-order valence-corrected chi connectivity index (χ0v) is 19.0. The van der Waals surface area contributed by atoms with E-state index in [0.29, 0.717) is 23.6 Å². The first-order valence-electron chi connectivity index (χ1n) is 10.1. The minimum atomic E-state index is -3.36. The summed E-state index contributed by atoms with van der Waals surface area (Å²) < 4.78 is 48.2. The first kappa shape index (κ1) is 23.5. The van der Waals surface area contributed by atoms with Gasteiger partial charge in [-0.25, -0.2) is 17.8 Å². The monoisotopic (exact) mass is 463 g/mol. The van der Waals surface area contributed by atoms with Gasteiger partial charge in [0, 0.05) is 23.6 Å². The van der Waals surface area contributed by atoms with Crippen LogP contribution in [0.3, 0.4) is 0 Å². The second-order valence-electron chi connectivity index (χ2n) is 7.44. The Balaban J connectivity index is 1.88. The number of halogens is 1. The molecule has 0 aromatic heterocycles. The Morgan fingerprint density at radius 3 is 2.50 bits per heavy atom. The summed E-state index contributed by atoms with van der Waals surface area (Å²) in [6.07, 6.45) is 2.10. The number of hydrogen-bond acceptors (Lipinski definition) is 6. The van der Waals surface area contributed by atoms with Crippen LogP contribution in [0.2, 0.25) is 0 Å². The van der Waals surface area contributed by atoms with Crippen LogP contribution in [0.25, 0.3) is 0 Å². The fraction of sp³-hybridized carbons (Fsp3) is 0.364. The topological polar surface area (TPSA) is 97.3 Å². The number of nitrogens with one attached hydrogen (secondary N) is 1. The Labute approximate surface area is 187 Å². The summed E-state index contributed by atoms with van der Waals surface area (Å²) in [5.41, 5.74) is 2.68. The average molecular weight is 464 g/mol. The van der Waals surface area contributed by atoms with Gasteiger partial charge in [0.15, 0.2) is 11.5 Å². The van der Waals surface area contributed by atoms with Gasteiger partial charge in [-0.05, 0) is 42.3 Å². The summed E-state index contributed by atoms with van der Waals surface area (Å²) in [6.45, 7) is 1.24. The molecule has 10 heteroatoms. The summed E-state index contributed by atoms with van der Waals surface area (Å²) in [7, 11) is -1.89. The van der Waals surface area contributed by atoms with Gasteiger partial charge in [0.05, 0.1) is 25.6 Å². The highest BCUT2D eigenvalue weighted by molar-refractivity contribution is 7.92. The van der Waals surface area contributed by atoms with E-state index in [1.165, 1.54) is 12.1 Å². The number of carbonyl (C=O) groups is 1. The molecule has 8 nitrogen and oxygen atoms in total. The number of methoxy groups -OCH3 is 1. The predicted molar refractivity (Wildman–Crippen MR) is 120 cm³/mol. The lowest BCUT2D eigenvalue weighted by Crippen LogP contribution is -2.36. The van der Waals surface area contributed by atoms with Gasteiger partial charge in [-0.15, -0.1) is 0 Å². The molecule has 32 heavy (non-hydrogen) atoms. The van der Waals surface area contributed by atoms with E-state index in [9.17, 15) is 17.6 Å². The van der Waals surface area contributed by atoms with E-state index in [0.717, 1.165) is 23.8 Å². The van der Waals surface area contributed by atoms with Crippen LogP contribution in [-0.2, 0) is 21.4 Å². The number of anilines is 1. The number of hydrogen-bond donors (Lipinski definition) is 1. The van der Waals surface area contributed by atoms with Crippen molar-refractivity contribution in [3.8, 4) is 11.5 Å². The van der Waals surface area contributed by atoms with E-state index in [2.05, 4.69) is 9.82 Å². The summed E-state index contributed by atoms with van der Waals surface area (Å²) in [5.74, 6) is 0.494. The predicted octanol–water partition coefficient (Wildman–Crippen LogP) is 3.54. The number of carbonyl (C=O) groups excluding carboxylic acids is 1. The SMILES string of the molecule is CCC1CC(=O)N(Cc2ccc(NS(C)(=O)=O)cc2)N=C1c1ccc(OC)c(OCF)c1. The van der Waals surface area contributed by atoms with Crippen molar-refractivity contribution in [2.45, 2.75) is 26.3 Å². The molecular formula is C22H26FN3O5S. The molecule has 1 N–H and O–H groups in total. The fourth-order valence-electron chi connectivity index (χ4n) is 3.51. The molecule has 0 fully saturated rings. The van der Waals surface area contributed by atoms with Crippen LogP contribution in [0.4, 0.5) is 10.1 Å². The van der Waals surface area contributed by atoms with Gasteiger partial charge in [-0.3, -0.25) is 9.52 Å². The molecule has 0 bridgehead atoms. The minimum absolute atomic E-state index is 0.0771. The van der Waals surface area contributed by atoms with E-state index in [1.807, 2.05) is 13.0 Å². The zero-order valence-electron chi connectivity index (χ0n) is 18.2. The number of sulfonamides is 1. The van der Waals surface area contributed by atoms with E-state index < -0.39 is 16.9 Å². The highest BCUT2D eigenvalue weighted by Crippen LogP contribution is 2.32. The van der Waals surface area contributed by atoms with E-state index in [1.54, 1.807) is 36.4 Å².